The zero-order valence-corrected chi connectivity index (χ0v) is 7.75. The van der Waals surface area contributed by atoms with Gasteiger partial charge in [-0.2, -0.15) is 0 Å². The van der Waals surface area contributed by atoms with Crippen molar-refractivity contribution in [3.05, 3.63) is 0 Å². The molecule has 0 aliphatic carbocycles. The maximum Gasteiger partial charge on any atom is 0.129 e. The van der Waals surface area contributed by atoms with Crippen LogP contribution in [0.1, 0.15) is 20.3 Å². The van der Waals surface area contributed by atoms with Crippen LogP contribution < -0.4 is 0 Å². The van der Waals surface area contributed by atoms with E-state index in [2.05, 4.69) is 4.74 Å². The number of carbonyl (C=O) groups is 1. The lowest BCUT2D eigenvalue weighted by Crippen LogP contribution is -2.03. The van der Waals surface area contributed by atoms with Crippen molar-refractivity contribution in [3.63, 3.8) is 0 Å². The van der Waals surface area contributed by atoms with E-state index in [4.69, 9.17) is 10.2 Å². The molecule has 0 heterocycles. The van der Waals surface area contributed by atoms with Crippen LogP contribution in [0.2, 0.25) is 0 Å². The summed E-state index contributed by atoms with van der Waals surface area (Å²) < 4.78 is 4.63. The maximum atomic E-state index is 9.81. The Hall–Kier alpha value is -0.450. The van der Waals surface area contributed by atoms with Crippen LogP contribution in [0.15, 0.2) is 0 Å². The highest BCUT2D eigenvalue weighted by Gasteiger charge is 1.79. The van der Waals surface area contributed by atoms with Crippen LogP contribution in [0.3, 0.4) is 0 Å². The number of carbonyl (C=O) groups excluding carboxylic acids is 1. The third kappa shape index (κ3) is 22.7. The molecule has 0 aromatic rings. The summed E-state index contributed by atoms with van der Waals surface area (Å²) in [5, 5.41) is 16.2. The van der Waals surface area contributed by atoms with E-state index in [9.17, 15) is 4.79 Å². The fraction of sp³-hybridized carbons (Fsp3) is 0.875. The van der Waals surface area contributed by atoms with Gasteiger partial charge in [0.2, 0.25) is 0 Å². The molecule has 0 radical (unpaired) electrons. The van der Waals surface area contributed by atoms with Gasteiger partial charge in [0.15, 0.2) is 0 Å². The molecule has 4 nitrogen and oxygen atoms in total. The first-order valence-electron chi connectivity index (χ1n) is 3.97. The molecule has 0 saturated heterocycles. The molecular weight excluding hydrogens is 160 g/mol. The Morgan fingerprint density at radius 2 is 1.58 bits per heavy atom. The van der Waals surface area contributed by atoms with Gasteiger partial charge in [-0.3, -0.25) is 0 Å². The quantitative estimate of drug-likeness (QED) is 0.580. The summed E-state index contributed by atoms with van der Waals surface area (Å²) in [5.41, 5.74) is 0. The van der Waals surface area contributed by atoms with Crippen molar-refractivity contribution < 1.29 is 19.7 Å². The Bertz CT molecular complexity index is 89.1. The molecule has 0 spiro atoms. The summed E-state index contributed by atoms with van der Waals surface area (Å²) >= 11 is 0. The summed E-state index contributed by atoms with van der Waals surface area (Å²) in [4.78, 5) is 9.81. The lowest BCUT2D eigenvalue weighted by Gasteiger charge is -1.94. The standard InChI is InChI=1S/C4H10O3.C4H8O/c5-1-3-7-4-2-6;1-3-4(2)5/h5-6H,1-4H2;3H2,1-2H3. The number of hydrogen-bond acceptors (Lipinski definition) is 4. The van der Waals surface area contributed by atoms with E-state index in [-0.39, 0.29) is 19.0 Å². The van der Waals surface area contributed by atoms with Crippen LogP contribution >= 0.6 is 0 Å². The molecule has 4 heteroatoms. The first-order valence-corrected chi connectivity index (χ1v) is 3.97. The molecule has 0 unspecified atom stereocenters. The molecule has 0 aliphatic rings. The molecule has 2 N–H and O–H groups in total. The van der Waals surface area contributed by atoms with E-state index in [1.54, 1.807) is 6.92 Å². The van der Waals surface area contributed by atoms with Crippen LogP contribution in [0.4, 0.5) is 0 Å². The summed E-state index contributed by atoms with van der Waals surface area (Å²) in [7, 11) is 0. The number of Topliss-reactive ketones (excluding diaryl/α,β-unsaturated/α-hetero) is 1. The van der Waals surface area contributed by atoms with Crippen LogP contribution in [-0.2, 0) is 9.53 Å². The summed E-state index contributed by atoms with van der Waals surface area (Å²) in [6, 6.07) is 0. The van der Waals surface area contributed by atoms with Crippen LogP contribution in [0, 0.1) is 0 Å². The monoisotopic (exact) mass is 178 g/mol. The smallest absolute Gasteiger partial charge is 0.129 e. The van der Waals surface area contributed by atoms with Gasteiger partial charge in [0.25, 0.3) is 0 Å². The predicted octanol–water partition coefficient (Wildman–Crippen LogP) is -0.0270. The van der Waals surface area contributed by atoms with E-state index in [1.165, 1.54) is 0 Å². The Balaban J connectivity index is 0. The summed E-state index contributed by atoms with van der Waals surface area (Å²) in [6.45, 7) is 4.13. The molecule has 0 aromatic carbocycles. The van der Waals surface area contributed by atoms with Gasteiger partial charge in [-0.25, -0.2) is 0 Å². The fourth-order valence-electron chi connectivity index (χ4n) is 0.231. The largest absolute Gasteiger partial charge is 0.394 e. The Morgan fingerprint density at radius 1 is 1.25 bits per heavy atom. The Kier molecular flexibility index (Phi) is 15.5. The molecular formula is C8H18O4. The molecule has 0 bridgehead atoms. The second-order valence-electron chi connectivity index (χ2n) is 2.12. The first-order chi connectivity index (χ1) is 5.68. The highest BCUT2D eigenvalue weighted by Crippen LogP contribution is 1.71. The number of ether oxygens (including phenoxy) is 1. The minimum atomic E-state index is 0.0278. The van der Waals surface area contributed by atoms with Crippen molar-refractivity contribution in [2.75, 3.05) is 26.4 Å². The SMILES string of the molecule is CCC(C)=O.OCCOCCO. The Morgan fingerprint density at radius 3 is 1.75 bits per heavy atom. The molecule has 74 valence electrons. The molecule has 12 heavy (non-hydrogen) atoms. The minimum Gasteiger partial charge on any atom is -0.394 e. The van der Waals surface area contributed by atoms with Gasteiger partial charge in [-0.1, -0.05) is 6.92 Å². The second kappa shape index (κ2) is 13.2. The van der Waals surface area contributed by atoms with Gasteiger partial charge in [0.1, 0.15) is 5.78 Å². The number of aliphatic hydroxyl groups excluding tert-OH is 2. The van der Waals surface area contributed by atoms with Crippen LogP contribution in [-0.4, -0.2) is 42.4 Å². The van der Waals surface area contributed by atoms with Crippen LogP contribution in [0.5, 0.6) is 0 Å². The molecule has 0 atom stereocenters. The van der Waals surface area contributed by atoms with E-state index in [1.807, 2.05) is 6.92 Å². The first kappa shape index (κ1) is 14.1. The van der Waals surface area contributed by atoms with Crippen molar-refractivity contribution in [3.8, 4) is 0 Å². The van der Waals surface area contributed by atoms with Crippen molar-refractivity contribution >= 4 is 5.78 Å². The number of rotatable bonds is 5. The molecule has 0 aliphatic heterocycles. The van der Waals surface area contributed by atoms with Gasteiger partial charge in [0, 0.05) is 6.42 Å². The van der Waals surface area contributed by atoms with Crippen molar-refractivity contribution in [1.29, 1.82) is 0 Å². The normalized spacial score (nSPS) is 8.67. The van der Waals surface area contributed by atoms with Crippen LogP contribution in [0.25, 0.3) is 0 Å². The summed E-state index contributed by atoms with van der Waals surface area (Å²) in [6.07, 6.45) is 0.667. The molecule has 0 rings (SSSR count). The summed E-state index contributed by atoms with van der Waals surface area (Å²) in [5.74, 6) is 0.255. The molecule has 0 aromatic heterocycles. The fourth-order valence-corrected chi connectivity index (χ4v) is 0.231. The van der Waals surface area contributed by atoms with E-state index < -0.39 is 0 Å². The highest BCUT2D eigenvalue weighted by molar-refractivity contribution is 5.74. The predicted molar refractivity (Wildman–Crippen MR) is 46.0 cm³/mol. The van der Waals surface area contributed by atoms with Crippen molar-refractivity contribution in [2.24, 2.45) is 0 Å². The number of aliphatic hydroxyl groups is 2. The van der Waals surface area contributed by atoms with E-state index in [0.29, 0.717) is 19.6 Å². The Labute approximate surface area is 73.2 Å². The van der Waals surface area contributed by atoms with Crippen molar-refractivity contribution in [2.45, 2.75) is 20.3 Å². The highest BCUT2D eigenvalue weighted by atomic mass is 16.5. The lowest BCUT2D eigenvalue weighted by atomic mass is 10.4. The van der Waals surface area contributed by atoms with Gasteiger partial charge in [0.05, 0.1) is 26.4 Å². The topological polar surface area (TPSA) is 66.8 Å². The maximum absolute atomic E-state index is 9.81. The van der Waals surface area contributed by atoms with E-state index >= 15 is 0 Å². The molecule has 0 fully saturated rings. The van der Waals surface area contributed by atoms with E-state index in [0.717, 1.165) is 0 Å². The molecule has 0 saturated carbocycles. The molecule has 0 amide bonds. The van der Waals surface area contributed by atoms with Gasteiger partial charge in [-0.05, 0) is 6.92 Å². The van der Waals surface area contributed by atoms with Crippen molar-refractivity contribution in [1.82, 2.24) is 0 Å². The number of ketones is 1. The minimum absolute atomic E-state index is 0.0278. The van der Waals surface area contributed by atoms with Gasteiger partial charge >= 0.3 is 0 Å². The average Bonchev–Trinajstić information content (AvgIpc) is 2.07. The third-order valence-electron chi connectivity index (χ3n) is 0.969. The zero-order chi connectivity index (χ0) is 9.82. The lowest BCUT2D eigenvalue weighted by molar-refractivity contribution is -0.116. The zero-order valence-electron chi connectivity index (χ0n) is 7.75. The third-order valence-corrected chi connectivity index (χ3v) is 0.969. The number of hydrogen-bond donors (Lipinski definition) is 2. The van der Waals surface area contributed by atoms with Gasteiger partial charge in [-0.15, -0.1) is 0 Å². The second-order valence-corrected chi connectivity index (χ2v) is 2.12. The average molecular weight is 178 g/mol. The van der Waals surface area contributed by atoms with Gasteiger partial charge < -0.3 is 19.7 Å².